The first kappa shape index (κ1) is 21.0. The first-order valence-corrected chi connectivity index (χ1v) is 8.19. The molecule has 1 amide bonds. The lowest BCUT2D eigenvalue weighted by molar-refractivity contribution is -0.138. The number of anilines is 1. The fourth-order valence-electron chi connectivity index (χ4n) is 2.09. The number of rotatable bonds is 6. The van der Waals surface area contributed by atoms with Gasteiger partial charge in [-0.25, -0.2) is 0 Å². The Morgan fingerprint density at radius 1 is 1.18 bits per heavy atom. The third-order valence-electron chi connectivity index (χ3n) is 3.29. The van der Waals surface area contributed by atoms with Gasteiger partial charge in [-0.1, -0.05) is 11.3 Å². The molecule has 0 fully saturated rings. The maximum atomic E-state index is 12.6. The quantitative estimate of drug-likeness (QED) is 0.572. The van der Waals surface area contributed by atoms with Gasteiger partial charge >= 0.3 is 6.18 Å². The van der Waals surface area contributed by atoms with Crippen LogP contribution in [0.15, 0.2) is 17.7 Å². The first-order chi connectivity index (χ1) is 13.2. The van der Waals surface area contributed by atoms with Crippen molar-refractivity contribution in [2.24, 2.45) is 0 Å². The Labute approximate surface area is 161 Å². The molecule has 1 aromatic carbocycles. The van der Waals surface area contributed by atoms with Crippen molar-refractivity contribution in [3.8, 4) is 23.3 Å². The number of ether oxygens (including phenoxy) is 3. The Morgan fingerprint density at radius 3 is 2.36 bits per heavy atom. The zero-order chi connectivity index (χ0) is 20.9. The summed E-state index contributed by atoms with van der Waals surface area (Å²) in [6.07, 6.45) is -3.48. The molecule has 2 aromatic rings. The fraction of sp³-hybridized carbons (Fsp3) is 0.250. The van der Waals surface area contributed by atoms with Crippen molar-refractivity contribution in [1.29, 1.82) is 5.26 Å². The largest absolute Gasteiger partial charge is 0.493 e. The Morgan fingerprint density at radius 2 is 1.86 bits per heavy atom. The van der Waals surface area contributed by atoms with Gasteiger partial charge in [0.1, 0.15) is 11.6 Å². The summed E-state index contributed by atoms with van der Waals surface area (Å²) in [6, 6.07) is 4.75. The summed E-state index contributed by atoms with van der Waals surface area (Å²) in [5.41, 5.74) is -0.0747. The molecule has 148 valence electrons. The van der Waals surface area contributed by atoms with E-state index in [2.05, 4.69) is 15.5 Å². The van der Waals surface area contributed by atoms with Crippen molar-refractivity contribution >= 4 is 28.5 Å². The molecule has 1 heterocycles. The summed E-state index contributed by atoms with van der Waals surface area (Å²) in [5.74, 6) is -0.134. The van der Waals surface area contributed by atoms with E-state index in [1.165, 1.54) is 33.5 Å². The van der Waals surface area contributed by atoms with Gasteiger partial charge in [-0.05, 0) is 18.2 Å². The Hall–Kier alpha value is -3.33. The number of carbonyl (C=O) groups excluding carboxylic acids is 1. The van der Waals surface area contributed by atoms with E-state index in [0.29, 0.717) is 11.3 Å². The topological polar surface area (TPSA) is 106 Å². The summed E-state index contributed by atoms with van der Waals surface area (Å²) >= 11 is 0.144. The highest BCUT2D eigenvalue weighted by Crippen LogP contribution is 2.40. The molecule has 0 aliphatic rings. The van der Waals surface area contributed by atoms with E-state index >= 15 is 0 Å². The van der Waals surface area contributed by atoms with Gasteiger partial charge in [0.25, 0.3) is 5.91 Å². The highest BCUT2D eigenvalue weighted by molar-refractivity contribution is 7.15. The average molecular weight is 414 g/mol. The normalized spacial score (nSPS) is 11.5. The van der Waals surface area contributed by atoms with Crippen LogP contribution in [0.1, 0.15) is 10.6 Å². The molecule has 0 atom stereocenters. The van der Waals surface area contributed by atoms with Gasteiger partial charge in [-0.15, -0.1) is 10.2 Å². The van der Waals surface area contributed by atoms with E-state index in [1.807, 2.05) is 0 Å². The van der Waals surface area contributed by atoms with E-state index in [1.54, 1.807) is 12.1 Å². The van der Waals surface area contributed by atoms with Crippen LogP contribution in [-0.2, 0) is 11.0 Å². The number of nitrogens with zero attached hydrogens (tertiary/aromatic N) is 3. The number of alkyl halides is 3. The molecule has 28 heavy (non-hydrogen) atoms. The molecule has 0 unspecified atom stereocenters. The van der Waals surface area contributed by atoms with Crippen LogP contribution in [0.5, 0.6) is 17.2 Å². The molecule has 0 aliphatic carbocycles. The van der Waals surface area contributed by atoms with E-state index < -0.39 is 27.8 Å². The molecule has 0 saturated carbocycles. The number of nitrogens with one attached hydrogen (secondary N) is 1. The summed E-state index contributed by atoms with van der Waals surface area (Å²) in [7, 11) is 4.18. The van der Waals surface area contributed by atoms with Gasteiger partial charge in [0, 0.05) is 5.56 Å². The lowest BCUT2D eigenvalue weighted by atomic mass is 10.1. The van der Waals surface area contributed by atoms with Crippen molar-refractivity contribution in [2.75, 3.05) is 26.6 Å². The van der Waals surface area contributed by atoms with Crippen LogP contribution in [0.2, 0.25) is 0 Å². The molecule has 0 spiro atoms. The third kappa shape index (κ3) is 4.49. The van der Waals surface area contributed by atoms with Gasteiger partial charge in [0.15, 0.2) is 11.5 Å². The number of nitriles is 1. The average Bonchev–Trinajstić information content (AvgIpc) is 3.13. The second-order valence-electron chi connectivity index (χ2n) is 4.96. The highest BCUT2D eigenvalue weighted by atomic mass is 32.1. The molecule has 0 saturated heterocycles. The number of carbonyl (C=O) groups is 1. The molecule has 1 N–H and O–H groups in total. The van der Waals surface area contributed by atoms with Crippen LogP contribution in [-0.4, -0.2) is 37.4 Å². The van der Waals surface area contributed by atoms with Crippen molar-refractivity contribution < 1.29 is 32.2 Å². The smallest absolute Gasteiger partial charge is 0.445 e. The Balaban J connectivity index is 2.34. The zero-order valence-electron chi connectivity index (χ0n) is 14.7. The van der Waals surface area contributed by atoms with Gasteiger partial charge in [0.05, 0.1) is 21.3 Å². The molecule has 12 heteroatoms. The second-order valence-corrected chi connectivity index (χ2v) is 5.94. The van der Waals surface area contributed by atoms with Crippen LogP contribution in [0.3, 0.4) is 0 Å². The van der Waals surface area contributed by atoms with Gasteiger partial charge < -0.3 is 14.2 Å². The van der Waals surface area contributed by atoms with Crippen LogP contribution >= 0.6 is 11.3 Å². The van der Waals surface area contributed by atoms with Crippen LogP contribution in [0, 0.1) is 11.3 Å². The van der Waals surface area contributed by atoms with Crippen molar-refractivity contribution in [3.63, 3.8) is 0 Å². The SMILES string of the molecule is COc1ccc(/C=C(/C#N)C(=O)Nc2nnc(C(F)(F)F)s2)c(OC)c1OC. The van der Waals surface area contributed by atoms with Crippen molar-refractivity contribution in [2.45, 2.75) is 6.18 Å². The van der Waals surface area contributed by atoms with Crippen LogP contribution < -0.4 is 19.5 Å². The monoisotopic (exact) mass is 414 g/mol. The maximum Gasteiger partial charge on any atom is 0.445 e. The number of benzene rings is 1. The molecule has 1 aromatic heterocycles. The lowest BCUT2D eigenvalue weighted by Crippen LogP contribution is -2.13. The number of amides is 1. The summed E-state index contributed by atoms with van der Waals surface area (Å²) in [6.45, 7) is 0. The van der Waals surface area contributed by atoms with E-state index in [9.17, 15) is 23.2 Å². The van der Waals surface area contributed by atoms with Crippen LogP contribution in [0.4, 0.5) is 18.3 Å². The van der Waals surface area contributed by atoms with Crippen molar-refractivity contribution in [1.82, 2.24) is 10.2 Å². The van der Waals surface area contributed by atoms with Gasteiger partial charge in [-0.2, -0.15) is 18.4 Å². The standard InChI is InChI=1S/C16H13F3N4O4S/c1-25-10-5-4-8(11(26-2)12(10)27-3)6-9(7-20)13(24)21-15-23-22-14(28-15)16(17,18)19/h4-6H,1-3H3,(H,21,23,24)/b9-6-. The zero-order valence-corrected chi connectivity index (χ0v) is 15.6. The fourth-order valence-corrected chi connectivity index (χ4v) is 2.70. The third-order valence-corrected chi connectivity index (χ3v) is 4.17. The number of aromatic nitrogens is 2. The molecular weight excluding hydrogens is 401 g/mol. The predicted molar refractivity (Wildman–Crippen MR) is 93.2 cm³/mol. The van der Waals surface area contributed by atoms with E-state index in [4.69, 9.17) is 14.2 Å². The van der Waals surface area contributed by atoms with Crippen molar-refractivity contribution in [3.05, 3.63) is 28.3 Å². The van der Waals surface area contributed by atoms with E-state index in [0.717, 1.165) is 0 Å². The lowest BCUT2D eigenvalue weighted by Gasteiger charge is -2.14. The van der Waals surface area contributed by atoms with Crippen LogP contribution in [0.25, 0.3) is 6.08 Å². The minimum Gasteiger partial charge on any atom is -0.493 e. The molecule has 0 radical (unpaired) electrons. The van der Waals surface area contributed by atoms with E-state index in [-0.39, 0.29) is 22.8 Å². The first-order valence-electron chi connectivity index (χ1n) is 7.38. The highest BCUT2D eigenvalue weighted by Gasteiger charge is 2.35. The minimum absolute atomic E-state index is 0.144. The molecule has 0 aliphatic heterocycles. The summed E-state index contributed by atoms with van der Waals surface area (Å²) in [4.78, 5) is 12.2. The number of methoxy groups -OCH3 is 3. The Kier molecular flexibility index (Phi) is 6.42. The minimum atomic E-state index is -4.68. The number of halogens is 3. The second kappa shape index (κ2) is 8.57. The maximum absolute atomic E-state index is 12.6. The number of hydrogen-bond donors (Lipinski definition) is 1. The van der Waals surface area contributed by atoms with Gasteiger partial charge in [-0.3, -0.25) is 10.1 Å². The molecule has 8 nitrogen and oxygen atoms in total. The molecule has 2 rings (SSSR count). The number of hydrogen-bond acceptors (Lipinski definition) is 8. The molecule has 0 bridgehead atoms. The predicted octanol–water partition coefficient (Wildman–Crippen LogP) is 3.13. The Bertz CT molecular complexity index is 950. The summed E-state index contributed by atoms with van der Waals surface area (Å²) < 4.78 is 53.3. The van der Waals surface area contributed by atoms with Gasteiger partial charge in [0.2, 0.25) is 15.9 Å². The summed E-state index contributed by atoms with van der Waals surface area (Å²) in [5, 5.41) is 16.0. The molecular formula is C16H13F3N4O4S.